The molecule has 1 atom stereocenters. The minimum atomic E-state index is 0.450. The molecule has 0 bridgehead atoms. The Morgan fingerprint density at radius 1 is 1.44 bits per heavy atom. The quantitative estimate of drug-likeness (QED) is 0.721. The molecule has 1 unspecified atom stereocenters. The first kappa shape index (κ1) is 10.9. The van der Waals surface area contributed by atoms with E-state index < -0.39 is 0 Å². The Hall–Kier alpha value is -1.63. The second-order valence-electron chi connectivity index (χ2n) is 4.27. The molecule has 84 valence electrons. The lowest BCUT2D eigenvalue weighted by Gasteiger charge is -2.28. The van der Waals surface area contributed by atoms with E-state index in [0.717, 1.165) is 12.4 Å². The highest BCUT2D eigenvalue weighted by Gasteiger charge is 2.20. The maximum atomic E-state index is 9.06. The molecule has 1 fully saturated rings. The Kier molecular flexibility index (Phi) is 3.35. The number of hydrogen-bond donors (Lipinski definition) is 0. The van der Waals surface area contributed by atoms with Gasteiger partial charge in [0.05, 0.1) is 11.8 Å². The van der Waals surface area contributed by atoms with Crippen molar-refractivity contribution in [2.24, 2.45) is 0 Å². The topological polar surface area (TPSA) is 52.8 Å². The van der Waals surface area contributed by atoms with Crippen LogP contribution in [0.2, 0.25) is 0 Å². The third kappa shape index (κ3) is 2.13. The summed E-state index contributed by atoms with van der Waals surface area (Å²) in [5.41, 5.74) is 0.628. The summed E-state index contributed by atoms with van der Waals surface area (Å²) in [6.45, 7) is 3.18. The van der Waals surface area contributed by atoms with Crippen molar-refractivity contribution in [1.82, 2.24) is 10.2 Å². The van der Waals surface area contributed by atoms with Crippen molar-refractivity contribution < 1.29 is 0 Å². The van der Waals surface area contributed by atoms with Crippen LogP contribution in [0, 0.1) is 11.3 Å². The zero-order valence-corrected chi connectivity index (χ0v) is 9.56. The molecule has 4 nitrogen and oxygen atoms in total. The van der Waals surface area contributed by atoms with E-state index in [-0.39, 0.29) is 0 Å². The SMILES string of the molecule is CC1CCCCCN1c1nnccc1C#N. The van der Waals surface area contributed by atoms with Crippen molar-refractivity contribution in [2.75, 3.05) is 11.4 Å². The highest BCUT2D eigenvalue weighted by Crippen LogP contribution is 2.24. The number of nitrogens with zero attached hydrogens (tertiary/aromatic N) is 4. The monoisotopic (exact) mass is 216 g/mol. The Morgan fingerprint density at radius 2 is 2.31 bits per heavy atom. The van der Waals surface area contributed by atoms with E-state index in [0.29, 0.717) is 11.6 Å². The molecule has 1 saturated heterocycles. The highest BCUT2D eigenvalue weighted by molar-refractivity contribution is 5.53. The molecule has 1 aliphatic heterocycles. The van der Waals surface area contributed by atoms with Crippen LogP contribution in [-0.2, 0) is 0 Å². The van der Waals surface area contributed by atoms with Crippen molar-refractivity contribution in [3.05, 3.63) is 17.8 Å². The highest BCUT2D eigenvalue weighted by atomic mass is 15.3. The third-order valence-corrected chi connectivity index (χ3v) is 3.15. The van der Waals surface area contributed by atoms with Crippen LogP contribution < -0.4 is 4.90 Å². The van der Waals surface area contributed by atoms with Gasteiger partial charge in [-0.2, -0.15) is 10.4 Å². The molecule has 16 heavy (non-hydrogen) atoms. The van der Waals surface area contributed by atoms with Crippen molar-refractivity contribution in [3.8, 4) is 6.07 Å². The lowest BCUT2D eigenvalue weighted by atomic mass is 10.1. The summed E-state index contributed by atoms with van der Waals surface area (Å²) in [5, 5.41) is 17.1. The maximum Gasteiger partial charge on any atom is 0.169 e. The van der Waals surface area contributed by atoms with Crippen LogP contribution in [-0.4, -0.2) is 22.8 Å². The number of anilines is 1. The maximum absolute atomic E-state index is 9.06. The van der Waals surface area contributed by atoms with Gasteiger partial charge < -0.3 is 4.90 Å². The molecular weight excluding hydrogens is 200 g/mol. The second-order valence-corrected chi connectivity index (χ2v) is 4.27. The summed E-state index contributed by atoms with van der Waals surface area (Å²) in [7, 11) is 0. The summed E-state index contributed by atoms with van der Waals surface area (Å²) in [6.07, 6.45) is 6.45. The summed E-state index contributed by atoms with van der Waals surface area (Å²) < 4.78 is 0. The van der Waals surface area contributed by atoms with E-state index in [2.05, 4.69) is 28.1 Å². The van der Waals surface area contributed by atoms with Gasteiger partial charge in [-0.15, -0.1) is 5.10 Å². The zero-order chi connectivity index (χ0) is 11.4. The first-order valence-electron chi connectivity index (χ1n) is 5.81. The van der Waals surface area contributed by atoms with Gasteiger partial charge in [0.15, 0.2) is 5.82 Å². The Bertz CT molecular complexity index is 396. The normalized spacial score (nSPS) is 21.2. The second kappa shape index (κ2) is 4.93. The molecule has 0 spiro atoms. The number of rotatable bonds is 1. The first-order valence-corrected chi connectivity index (χ1v) is 5.81. The van der Waals surface area contributed by atoms with Crippen molar-refractivity contribution in [2.45, 2.75) is 38.6 Å². The molecule has 0 aromatic carbocycles. The number of nitriles is 1. The van der Waals surface area contributed by atoms with Gasteiger partial charge in [-0.1, -0.05) is 12.8 Å². The fraction of sp³-hybridized carbons (Fsp3) is 0.583. The molecule has 0 radical (unpaired) electrons. The van der Waals surface area contributed by atoms with E-state index >= 15 is 0 Å². The molecule has 1 aromatic heterocycles. The largest absolute Gasteiger partial charge is 0.351 e. The van der Waals surface area contributed by atoms with Crippen LogP contribution in [0.1, 0.15) is 38.2 Å². The molecule has 2 rings (SSSR count). The van der Waals surface area contributed by atoms with Gasteiger partial charge in [-0.3, -0.25) is 0 Å². The van der Waals surface area contributed by atoms with Crippen molar-refractivity contribution in [3.63, 3.8) is 0 Å². The fourth-order valence-corrected chi connectivity index (χ4v) is 2.21. The van der Waals surface area contributed by atoms with E-state index in [9.17, 15) is 0 Å². The standard InChI is InChI=1S/C12H16N4/c1-10-5-3-2-4-8-16(10)12-11(9-13)6-7-14-15-12/h6-7,10H,2-5,8H2,1H3. The molecule has 0 N–H and O–H groups in total. The molecule has 0 saturated carbocycles. The molecule has 4 heteroatoms. The van der Waals surface area contributed by atoms with E-state index in [1.807, 2.05) is 0 Å². The van der Waals surface area contributed by atoms with Gasteiger partial charge in [0.1, 0.15) is 6.07 Å². The Balaban J connectivity index is 2.31. The Morgan fingerprint density at radius 3 is 3.12 bits per heavy atom. The van der Waals surface area contributed by atoms with Gasteiger partial charge in [0, 0.05) is 12.6 Å². The van der Waals surface area contributed by atoms with Crippen LogP contribution in [0.3, 0.4) is 0 Å². The van der Waals surface area contributed by atoms with Gasteiger partial charge in [0.25, 0.3) is 0 Å². The molecule has 0 aliphatic carbocycles. The summed E-state index contributed by atoms with van der Waals surface area (Å²) >= 11 is 0. The lowest BCUT2D eigenvalue weighted by molar-refractivity contribution is 0.607. The molecular formula is C12H16N4. The average Bonchev–Trinajstić information content (AvgIpc) is 2.54. The predicted molar refractivity (Wildman–Crippen MR) is 62.0 cm³/mol. The smallest absolute Gasteiger partial charge is 0.169 e. The first-order chi connectivity index (χ1) is 7.83. The Labute approximate surface area is 95.9 Å². The number of hydrogen-bond acceptors (Lipinski definition) is 4. The van der Waals surface area contributed by atoms with E-state index in [1.54, 1.807) is 12.3 Å². The summed E-state index contributed by atoms with van der Waals surface area (Å²) in [6, 6.07) is 4.38. The summed E-state index contributed by atoms with van der Waals surface area (Å²) in [4.78, 5) is 2.22. The lowest BCUT2D eigenvalue weighted by Crippen LogP contribution is -2.34. The minimum Gasteiger partial charge on any atom is -0.351 e. The fourth-order valence-electron chi connectivity index (χ4n) is 2.21. The van der Waals surface area contributed by atoms with Crippen molar-refractivity contribution >= 4 is 5.82 Å². The van der Waals surface area contributed by atoms with Crippen LogP contribution in [0.4, 0.5) is 5.82 Å². The zero-order valence-electron chi connectivity index (χ0n) is 9.56. The minimum absolute atomic E-state index is 0.450. The van der Waals surface area contributed by atoms with Gasteiger partial charge in [0.2, 0.25) is 0 Å². The van der Waals surface area contributed by atoms with Gasteiger partial charge in [-0.05, 0) is 25.8 Å². The molecule has 0 amide bonds. The van der Waals surface area contributed by atoms with Gasteiger partial charge >= 0.3 is 0 Å². The average molecular weight is 216 g/mol. The van der Waals surface area contributed by atoms with E-state index in [4.69, 9.17) is 5.26 Å². The van der Waals surface area contributed by atoms with Crippen molar-refractivity contribution in [1.29, 1.82) is 5.26 Å². The molecule has 1 aliphatic rings. The molecule has 2 heterocycles. The third-order valence-electron chi connectivity index (χ3n) is 3.15. The van der Waals surface area contributed by atoms with Gasteiger partial charge in [-0.25, -0.2) is 0 Å². The number of aromatic nitrogens is 2. The predicted octanol–water partition coefficient (Wildman–Crippen LogP) is 2.12. The van der Waals surface area contributed by atoms with E-state index in [1.165, 1.54) is 25.7 Å². The van der Waals surface area contributed by atoms with Crippen LogP contribution >= 0.6 is 0 Å². The van der Waals surface area contributed by atoms with Crippen LogP contribution in [0.5, 0.6) is 0 Å². The van der Waals surface area contributed by atoms with Crippen LogP contribution in [0.15, 0.2) is 12.3 Å². The van der Waals surface area contributed by atoms with Crippen LogP contribution in [0.25, 0.3) is 0 Å². The summed E-state index contributed by atoms with van der Waals surface area (Å²) in [5.74, 6) is 0.749. The molecule has 1 aromatic rings.